The van der Waals surface area contributed by atoms with Crippen LogP contribution in [0.1, 0.15) is 21.6 Å². The van der Waals surface area contributed by atoms with Crippen LogP contribution >= 0.6 is 0 Å². The molecule has 0 unspecified atom stereocenters. The number of nitrogens with zero attached hydrogens (tertiary/aromatic N) is 3. The minimum absolute atomic E-state index is 0.0627. The second-order valence-electron chi connectivity index (χ2n) is 5.91. The van der Waals surface area contributed by atoms with Crippen LogP contribution in [-0.4, -0.2) is 20.6 Å². The summed E-state index contributed by atoms with van der Waals surface area (Å²) >= 11 is 0. The summed E-state index contributed by atoms with van der Waals surface area (Å²) in [6.07, 6.45) is -4.06. The molecule has 0 radical (unpaired) electrons. The van der Waals surface area contributed by atoms with Crippen LogP contribution in [0.25, 0.3) is 5.69 Å². The van der Waals surface area contributed by atoms with Gasteiger partial charge < -0.3 is 5.32 Å². The summed E-state index contributed by atoms with van der Waals surface area (Å²) in [7, 11) is 0. The molecule has 0 bridgehead atoms. The van der Waals surface area contributed by atoms with Gasteiger partial charge in [0.1, 0.15) is 0 Å². The van der Waals surface area contributed by atoms with Crippen molar-refractivity contribution in [2.75, 3.05) is 5.32 Å². The van der Waals surface area contributed by atoms with Gasteiger partial charge in [-0.3, -0.25) is 14.9 Å². The average molecular weight is 390 g/mol. The zero-order chi connectivity index (χ0) is 20.5. The molecule has 28 heavy (non-hydrogen) atoms. The molecule has 0 fully saturated rings. The van der Waals surface area contributed by atoms with E-state index in [0.717, 1.165) is 36.0 Å². The smallest absolute Gasteiger partial charge is 0.322 e. The number of nitro benzene ring substituents is 1. The van der Waals surface area contributed by atoms with Gasteiger partial charge in [0.25, 0.3) is 11.6 Å². The molecule has 1 amide bonds. The molecular formula is C18H13F3N4O3. The van der Waals surface area contributed by atoms with Crippen molar-refractivity contribution in [2.45, 2.75) is 13.1 Å². The van der Waals surface area contributed by atoms with E-state index in [2.05, 4.69) is 10.4 Å². The minimum Gasteiger partial charge on any atom is -0.322 e. The molecule has 0 aliphatic rings. The standard InChI is InChI=1S/C18H13F3N4O3/c1-11-2-4-12(5-3-11)23-17(26)15-10-22-24(16(15)18(19,20)21)13-6-8-14(9-7-13)25(27)28/h2-10H,1H3,(H,23,26). The number of aromatic nitrogens is 2. The van der Waals surface area contributed by atoms with E-state index in [0.29, 0.717) is 10.4 Å². The summed E-state index contributed by atoms with van der Waals surface area (Å²) in [5.74, 6) is -0.968. The Balaban J connectivity index is 1.99. The van der Waals surface area contributed by atoms with Crippen LogP contribution in [0, 0.1) is 17.0 Å². The van der Waals surface area contributed by atoms with Crippen LogP contribution < -0.4 is 5.32 Å². The van der Waals surface area contributed by atoms with Gasteiger partial charge in [0.2, 0.25) is 0 Å². The van der Waals surface area contributed by atoms with Crippen molar-refractivity contribution < 1.29 is 22.9 Å². The van der Waals surface area contributed by atoms with Crippen LogP contribution in [0.15, 0.2) is 54.7 Å². The number of rotatable bonds is 4. The van der Waals surface area contributed by atoms with Crippen LogP contribution in [0.4, 0.5) is 24.5 Å². The maximum atomic E-state index is 13.6. The van der Waals surface area contributed by atoms with Crippen molar-refractivity contribution in [3.63, 3.8) is 0 Å². The lowest BCUT2D eigenvalue weighted by molar-refractivity contribution is -0.384. The lowest BCUT2D eigenvalue weighted by Gasteiger charge is -2.13. The first-order valence-electron chi connectivity index (χ1n) is 7.95. The average Bonchev–Trinajstić information content (AvgIpc) is 3.09. The highest BCUT2D eigenvalue weighted by atomic mass is 19.4. The number of hydrogen-bond donors (Lipinski definition) is 1. The highest BCUT2D eigenvalue weighted by Crippen LogP contribution is 2.34. The van der Waals surface area contributed by atoms with Gasteiger partial charge >= 0.3 is 6.18 Å². The van der Waals surface area contributed by atoms with Crippen LogP contribution in [-0.2, 0) is 6.18 Å². The van der Waals surface area contributed by atoms with E-state index < -0.39 is 28.3 Å². The quantitative estimate of drug-likeness (QED) is 0.529. The van der Waals surface area contributed by atoms with E-state index >= 15 is 0 Å². The summed E-state index contributed by atoms with van der Waals surface area (Å²) in [6.45, 7) is 1.83. The number of carbonyl (C=O) groups excluding carboxylic acids is 1. The predicted octanol–water partition coefficient (Wildman–Crippen LogP) is 4.36. The molecule has 144 valence electrons. The first kappa shape index (κ1) is 19.1. The van der Waals surface area contributed by atoms with Crippen LogP contribution in [0.3, 0.4) is 0 Å². The van der Waals surface area contributed by atoms with Gasteiger partial charge in [-0.15, -0.1) is 0 Å². The fourth-order valence-corrected chi connectivity index (χ4v) is 2.53. The maximum Gasteiger partial charge on any atom is 0.434 e. The third-order valence-electron chi connectivity index (χ3n) is 3.90. The molecule has 1 heterocycles. The number of carbonyl (C=O) groups is 1. The first-order valence-corrected chi connectivity index (χ1v) is 7.95. The van der Waals surface area contributed by atoms with E-state index in [1.165, 1.54) is 0 Å². The van der Waals surface area contributed by atoms with Gasteiger partial charge in [-0.05, 0) is 31.2 Å². The Bertz CT molecular complexity index is 1030. The number of nitrogens with one attached hydrogen (secondary N) is 1. The number of alkyl halides is 3. The van der Waals surface area contributed by atoms with Crippen molar-refractivity contribution >= 4 is 17.3 Å². The van der Waals surface area contributed by atoms with Crippen molar-refractivity contribution in [2.24, 2.45) is 0 Å². The number of anilines is 1. The number of nitro groups is 1. The van der Waals surface area contributed by atoms with Crippen molar-refractivity contribution in [3.8, 4) is 5.69 Å². The molecule has 7 nitrogen and oxygen atoms in total. The summed E-state index contributed by atoms with van der Waals surface area (Å²) in [6, 6.07) is 10.9. The summed E-state index contributed by atoms with van der Waals surface area (Å²) in [5, 5.41) is 16.8. The van der Waals surface area contributed by atoms with E-state index in [1.54, 1.807) is 24.3 Å². The number of halogens is 3. The molecule has 1 N–H and O–H groups in total. The molecule has 3 rings (SSSR count). The van der Waals surface area contributed by atoms with Gasteiger partial charge in [0.05, 0.1) is 22.4 Å². The zero-order valence-electron chi connectivity index (χ0n) is 14.4. The Kier molecular flexibility index (Phi) is 4.87. The normalized spacial score (nSPS) is 11.3. The second-order valence-corrected chi connectivity index (χ2v) is 5.91. The predicted molar refractivity (Wildman–Crippen MR) is 94.4 cm³/mol. The van der Waals surface area contributed by atoms with Crippen molar-refractivity contribution in [1.29, 1.82) is 0 Å². The third-order valence-corrected chi connectivity index (χ3v) is 3.90. The maximum absolute atomic E-state index is 13.6. The summed E-state index contributed by atoms with van der Waals surface area (Å²) in [5.41, 5.74) is -1.00. The van der Waals surface area contributed by atoms with E-state index in [4.69, 9.17) is 0 Å². The van der Waals surface area contributed by atoms with E-state index in [-0.39, 0.29) is 11.4 Å². The van der Waals surface area contributed by atoms with Gasteiger partial charge in [0, 0.05) is 17.8 Å². The third kappa shape index (κ3) is 3.85. The Morgan fingerprint density at radius 3 is 2.25 bits per heavy atom. The van der Waals surface area contributed by atoms with Gasteiger partial charge in [-0.2, -0.15) is 18.3 Å². The lowest BCUT2D eigenvalue weighted by Crippen LogP contribution is -2.20. The van der Waals surface area contributed by atoms with Gasteiger partial charge in [-0.25, -0.2) is 4.68 Å². The summed E-state index contributed by atoms with van der Waals surface area (Å²) in [4.78, 5) is 22.4. The highest BCUT2D eigenvalue weighted by Gasteiger charge is 2.40. The van der Waals surface area contributed by atoms with Gasteiger partial charge in [-0.1, -0.05) is 17.7 Å². The van der Waals surface area contributed by atoms with Crippen LogP contribution in [0.2, 0.25) is 0 Å². The van der Waals surface area contributed by atoms with Crippen molar-refractivity contribution in [3.05, 3.63) is 81.7 Å². The molecular weight excluding hydrogens is 377 g/mol. The largest absolute Gasteiger partial charge is 0.434 e. The summed E-state index contributed by atoms with van der Waals surface area (Å²) < 4.78 is 41.5. The number of benzene rings is 2. The minimum atomic E-state index is -4.88. The molecule has 1 aromatic heterocycles. The fourth-order valence-electron chi connectivity index (χ4n) is 2.53. The molecule has 0 atom stereocenters. The first-order chi connectivity index (χ1) is 13.2. The Hall–Kier alpha value is -3.69. The number of hydrogen-bond acceptors (Lipinski definition) is 4. The lowest BCUT2D eigenvalue weighted by atomic mass is 10.2. The van der Waals surface area contributed by atoms with Gasteiger partial charge in [0.15, 0.2) is 5.69 Å². The molecule has 3 aromatic rings. The number of non-ortho nitro benzene ring substituents is 1. The Morgan fingerprint density at radius 2 is 1.71 bits per heavy atom. The Labute approximate surface area is 156 Å². The zero-order valence-corrected chi connectivity index (χ0v) is 14.4. The topological polar surface area (TPSA) is 90.1 Å². The molecule has 0 aliphatic heterocycles. The molecule has 0 spiro atoms. The number of amides is 1. The molecule has 2 aromatic carbocycles. The molecule has 10 heteroatoms. The van der Waals surface area contributed by atoms with Crippen LogP contribution in [0.5, 0.6) is 0 Å². The fraction of sp³-hybridized carbons (Fsp3) is 0.111. The SMILES string of the molecule is Cc1ccc(NC(=O)c2cnn(-c3ccc([N+](=O)[O-])cc3)c2C(F)(F)F)cc1. The molecule has 0 aliphatic carbocycles. The Morgan fingerprint density at radius 1 is 1.11 bits per heavy atom. The highest BCUT2D eigenvalue weighted by molar-refractivity contribution is 6.05. The van der Waals surface area contributed by atoms with Crippen molar-refractivity contribution in [1.82, 2.24) is 9.78 Å². The monoisotopic (exact) mass is 390 g/mol. The molecule has 0 saturated carbocycles. The van der Waals surface area contributed by atoms with E-state index in [9.17, 15) is 28.1 Å². The number of aryl methyl sites for hydroxylation is 1. The second kappa shape index (κ2) is 7.14. The van der Waals surface area contributed by atoms with E-state index in [1.807, 2.05) is 6.92 Å². The molecule has 0 saturated heterocycles.